The summed E-state index contributed by atoms with van der Waals surface area (Å²) in [6, 6.07) is 15.2. The molecule has 0 radical (unpaired) electrons. The predicted octanol–water partition coefficient (Wildman–Crippen LogP) is 6.10. The quantitative estimate of drug-likeness (QED) is 0.395. The maximum absolute atomic E-state index is 12.4. The van der Waals surface area contributed by atoms with Gasteiger partial charge < -0.3 is 10.1 Å². The van der Waals surface area contributed by atoms with Gasteiger partial charge in [0, 0.05) is 39.1 Å². The first-order chi connectivity index (χ1) is 14.1. The molecule has 0 aliphatic carbocycles. The van der Waals surface area contributed by atoms with E-state index in [0.29, 0.717) is 16.5 Å². The lowest BCUT2D eigenvalue weighted by Gasteiger charge is -2.09. The van der Waals surface area contributed by atoms with Crippen LogP contribution in [0, 0.1) is 6.92 Å². The lowest BCUT2D eigenvalue weighted by molar-refractivity contribution is -0.111. The molecule has 7 heteroatoms. The van der Waals surface area contributed by atoms with Gasteiger partial charge in [0.25, 0.3) is 0 Å². The molecule has 0 fully saturated rings. The normalized spacial score (nSPS) is 11.1. The molecule has 0 atom stereocenters. The average molecular weight is 422 g/mol. The van der Waals surface area contributed by atoms with Crippen molar-refractivity contribution >= 4 is 50.7 Å². The van der Waals surface area contributed by atoms with Crippen molar-refractivity contribution in [3.63, 3.8) is 0 Å². The van der Waals surface area contributed by atoms with Gasteiger partial charge in [-0.05, 0) is 48.9 Å². The molecule has 1 amide bonds. The molecule has 0 unspecified atom stereocenters. The van der Waals surface area contributed by atoms with Gasteiger partial charge in [0.2, 0.25) is 5.91 Å². The molecule has 144 valence electrons. The Kier molecular flexibility index (Phi) is 5.55. The fourth-order valence-corrected chi connectivity index (χ4v) is 4.15. The molecule has 29 heavy (non-hydrogen) atoms. The fraction of sp³-hybridized carbons (Fsp3) is 0.0455. The number of aryl methyl sites for hydroxylation is 1. The minimum absolute atomic E-state index is 0.235. The maximum atomic E-state index is 12.4. The average Bonchev–Trinajstić information content (AvgIpc) is 3.05. The van der Waals surface area contributed by atoms with Crippen LogP contribution in [0.25, 0.3) is 16.2 Å². The van der Waals surface area contributed by atoms with Gasteiger partial charge in [-0.3, -0.25) is 4.79 Å². The molecule has 0 bridgehead atoms. The standard InChI is InChI=1S/C22H16ClN3O2S/c1-14-13-15(28-22-24-11-4-12-25-22)7-8-17(14)26-20(27)10-9-19-21(23)16-5-2-3-6-18(16)29-19/h2-13H,1H3,(H,26,27). The molecule has 4 aromatic rings. The number of nitrogens with zero attached hydrogens (tertiary/aromatic N) is 2. The van der Waals surface area contributed by atoms with E-state index in [1.165, 1.54) is 6.08 Å². The summed E-state index contributed by atoms with van der Waals surface area (Å²) in [6.07, 6.45) is 6.44. The highest BCUT2D eigenvalue weighted by Crippen LogP contribution is 2.36. The summed E-state index contributed by atoms with van der Waals surface area (Å²) < 4.78 is 6.69. The molecule has 1 N–H and O–H groups in total. The number of hydrogen-bond acceptors (Lipinski definition) is 5. The summed E-state index contributed by atoms with van der Waals surface area (Å²) in [4.78, 5) is 21.3. The van der Waals surface area contributed by atoms with Crippen LogP contribution in [0.2, 0.25) is 5.02 Å². The van der Waals surface area contributed by atoms with Crippen molar-refractivity contribution in [2.45, 2.75) is 6.92 Å². The maximum Gasteiger partial charge on any atom is 0.321 e. The second kappa shape index (κ2) is 8.43. The van der Waals surface area contributed by atoms with E-state index >= 15 is 0 Å². The number of thiophene rings is 1. The Balaban J connectivity index is 1.45. The zero-order valence-electron chi connectivity index (χ0n) is 15.4. The Hall–Kier alpha value is -3.22. The third-order valence-electron chi connectivity index (χ3n) is 4.15. The topological polar surface area (TPSA) is 64.1 Å². The van der Waals surface area contributed by atoms with E-state index in [2.05, 4.69) is 15.3 Å². The molecule has 0 saturated carbocycles. The van der Waals surface area contributed by atoms with Crippen LogP contribution in [-0.4, -0.2) is 15.9 Å². The highest BCUT2D eigenvalue weighted by atomic mass is 35.5. The van der Waals surface area contributed by atoms with Crippen LogP contribution in [0.5, 0.6) is 11.8 Å². The van der Waals surface area contributed by atoms with Crippen LogP contribution in [0.4, 0.5) is 5.69 Å². The number of carbonyl (C=O) groups excluding carboxylic acids is 1. The van der Waals surface area contributed by atoms with Crippen molar-refractivity contribution in [2.24, 2.45) is 0 Å². The number of fused-ring (bicyclic) bond motifs is 1. The molecule has 2 aromatic carbocycles. The van der Waals surface area contributed by atoms with E-state index in [0.717, 1.165) is 20.5 Å². The largest absolute Gasteiger partial charge is 0.424 e. The SMILES string of the molecule is Cc1cc(Oc2ncccn2)ccc1NC(=O)C=Cc1sc2ccccc2c1Cl. The van der Waals surface area contributed by atoms with Crippen LogP contribution in [0.1, 0.15) is 10.4 Å². The zero-order chi connectivity index (χ0) is 20.2. The number of aromatic nitrogens is 2. The first-order valence-corrected chi connectivity index (χ1v) is 10.0. The number of hydrogen-bond donors (Lipinski definition) is 1. The summed E-state index contributed by atoms with van der Waals surface area (Å²) in [6.45, 7) is 1.89. The Labute approximate surface area is 176 Å². The van der Waals surface area contributed by atoms with E-state index in [1.807, 2.05) is 37.3 Å². The number of benzene rings is 2. The summed E-state index contributed by atoms with van der Waals surface area (Å²) in [5.41, 5.74) is 1.56. The van der Waals surface area contributed by atoms with Crippen molar-refractivity contribution in [1.82, 2.24) is 9.97 Å². The molecule has 2 heterocycles. The molecular formula is C22H16ClN3O2S. The Morgan fingerprint density at radius 3 is 2.69 bits per heavy atom. The smallest absolute Gasteiger partial charge is 0.321 e. The molecular weight excluding hydrogens is 406 g/mol. The van der Waals surface area contributed by atoms with Crippen molar-refractivity contribution < 1.29 is 9.53 Å². The minimum atomic E-state index is -0.235. The summed E-state index contributed by atoms with van der Waals surface area (Å²) >= 11 is 7.96. The van der Waals surface area contributed by atoms with Gasteiger partial charge in [-0.1, -0.05) is 29.8 Å². The highest BCUT2D eigenvalue weighted by Gasteiger charge is 2.09. The van der Waals surface area contributed by atoms with E-state index in [-0.39, 0.29) is 11.9 Å². The van der Waals surface area contributed by atoms with Gasteiger partial charge in [0.1, 0.15) is 5.75 Å². The van der Waals surface area contributed by atoms with E-state index in [1.54, 1.807) is 48.0 Å². The van der Waals surface area contributed by atoms with Crippen molar-refractivity contribution in [3.05, 3.63) is 82.5 Å². The van der Waals surface area contributed by atoms with Crippen LogP contribution in [0.3, 0.4) is 0 Å². The molecule has 0 spiro atoms. The number of rotatable bonds is 5. The monoisotopic (exact) mass is 421 g/mol. The third kappa shape index (κ3) is 4.45. The molecule has 2 aromatic heterocycles. The predicted molar refractivity (Wildman–Crippen MR) is 118 cm³/mol. The van der Waals surface area contributed by atoms with Crippen LogP contribution in [-0.2, 0) is 4.79 Å². The third-order valence-corrected chi connectivity index (χ3v) is 5.81. The Bertz CT molecular complexity index is 1210. The van der Waals surface area contributed by atoms with Gasteiger partial charge in [-0.2, -0.15) is 0 Å². The van der Waals surface area contributed by atoms with E-state index < -0.39 is 0 Å². The van der Waals surface area contributed by atoms with Gasteiger partial charge in [-0.25, -0.2) is 9.97 Å². The number of amides is 1. The first-order valence-electron chi connectivity index (χ1n) is 8.82. The molecule has 4 rings (SSSR count). The highest BCUT2D eigenvalue weighted by molar-refractivity contribution is 7.20. The number of carbonyl (C=O) groups is 1. The molecule has 0 aliphatic rings. The lowest BCUT2D eigenvalue weighted by atomic mass is 10.2. The number of halogens is 1. The van der Waals surface area contributed by atoms with Crippen molar-refractivity contribution in [3.8, 4) is 11.8 Å². The fourth-order valence-electron chi connectivity index (χ4n) is 2.75. The van der Waals surface area contributed by atoms with Gasteiger partial charge >= 0.3 is 6.01 Å². The van der Waals surface area contributed by atoms with Gasteiger partial charge in [-0.15, -0.1) is 11.3 Å². The number of ether oxygens (including phenoxy) is 1. The second-order valence-electron chi connectivity index (χ2n) is 6.21. The van der Waals surface area contributed by atoms with E-state index in [9.17, 15) is 4.79 Å². The Morgan fingerprint density at radius 1 is 1.14 bits per heavy atom. The summed E-state index contributed by atoms with van der Waals surface area (Å²) in [7, 11) is 0. The number of anilines is 1. The summed E-state index contributed by atoms with van der Waals surface area (Å²) in [5.74, 6) is 0.362. The van der Waals surface area contributed by atoms with Crippen molar-refractivity contribution in [2.75, 3.05) is 5.32 Å². The second-order valence-corrected chi connectivity index (χ2v) is 7.67. The summed E-state index contributed by atoms with van der Waals surface area (Å²) in [5, 5.41) is 4.53. The van der Waals surface area contributed by atoms with Crippen LogP contribution in [0.15, 0.2) is 67.0 Å². The number of nitrogens with one attached hydrogen (secondary N) is 1. The Morgan fingerprint density at radius 2 is 1.93 bits per heavy atom. The molecule has 0 aliphatic heterocycles. The minimum Gasteiger partial charge on any atom is -0.424 e. The van der Waals surface area contributed by atoms with Crippen LogP contribution >= 0.6 is 22.9 Å². The van der Waals surface area contributed by atoms with Gasteiger partial charge in [0.15, 0.2) is 0 Å². The lowest BCUT2D eigenvalue weighted by Crippen LogP contribution is -2.08. The van der Waals surface area contributed by atoms with Gasteiger partial charge in [0.05, 0.1) is 5.02 Å². The zero-order valence-corrected chi connectivity index (χ0v) is 17.0. The molecule has 5 nitrogen and oxygen atoms in total. The van der Waals surface area contributed by atoms with Crippen LogP contribution < -0.4 is 10.1 Å². The molecule has 0 saturated heterocycles. The van der Waals surface area contributed by atoms with E-state index in [4.69, 9.17) is 16.3 Å². The van der Waals surface area contributed by atoms with Crippen molar-refractivity contribution in [1.29, 1.82) is 0 Å². The first kappa shape index (κ1) is 19.1.